The third-order valence-electron chi connectivity index (χ3n) is 6.30. The number of nitrogens with zero attached hydrogens (tertiary/aromatic N) is 4. The molecule has 1 amide bonds. The standard InChI is InChI=1S/C25H31N5O/c1-2-7-23-21-11-6-10-20(21)22(16-26)25(28-23)30-14-12-29(13-15-30)18-24(31)27-17-19-8-4-3-5-9-19/h3-5,8-9H,2,6-7,10-15,17-18H2,1H3,(H,27,31). The van der Waals surface area contributed by atoms with Gasteiger partial charge in [-0.25, -0.2) is 4.98 Å². The Labute approximate surface area is 184 Å². The average Bonchev–Trinajstić information content (AvgIpc) is 3.29. The fraction of sp³-hybridized carbons (Fsp3) is 0.480. The third-order valence-corrected chi connectivity index (χ3v) is 6.30. The maximum atomic E-state index is 12.4. The van der Waals surface area contributed by atoms with E-state index in [-0.39, 0.29) is 5.91 Å². The lowest BCUT2D eigenvalue weighted by molar-refractivity contribution is -0.122. The van der Waals surface area contributed by atoms with Crippen molar-refractivity contribution < 1.29 is 4.79 Å². The second-order valence-corrected chi connectivity index (χ2v) is 8.46. The van der Waals surface area contributed by atoms with Gasteiger partial charge in [0.15, 0.2) is 0 Å². The Kier molecular flexibility index (Phi) is 6.83. The lowest BCUT2D eigenvalue weighted by atomic mass is 10.0. The van der Waals surface area contributed by atoms with Crippen LogP contribution in [-0.2, 0) is 30.6 Å². The van der Waals surface area contributed by atoms with Crippen LogP contribution in [0.2, 0.25) is 0 Å². The van der Waals surface area contributed by atoms with Crippen molar-refractivity contribution in [3.05, 3.63) is 58.3 Å². The minimum Gasteiger partial charge on any atom is -0.353 e. The highest BCUT2D eigenvalue weighted by atomic mass is 16.2. The topological polar surface area (TPSA) is 72.3 Å². The molecule has 162 valence electrons. The summed E-state index contributed by atoms with van der Waals surface area (Å²) in [6.45, 7) is 6.32. The van der Waals surface area contributed by atoms with Crippen LogP contribution in [0.1, 0.15) is 47.7 Å². The van der Waals surface area contributed by atoms with Gasteiger partial charge in [-0.15, -0.1) is 0 Å². The second-order valence-electron chi connectivity index (χ2n) is 8.46. The lowest BCUT2D eigenvalue weighted by Crippen LogP contribution is -2.50. The van der Waals surface area contributed by atoms with Gasteiger partial charge in [-0.3, -0.25) is 9.69 Å². The molecule has 0 radical (unpaired) electrons. The van der Waals surface area contributed by atoms with E-state index < -0.39 is 0 Å². The van der Waals surface area contributed by atoms with Crippen molar-refractivity contribution in [1.82, 2.24) is 15.2 Å². The maximum absolute atomic E-state index is 12.4. The monoisotopic (exact) mass is 417 g/mol. The molecule has 1 aromatic heterocycles. The first-order valence-corrected chi connectivity index (χ1v) is 11.4. The van der Waals surface area contributed by atoms with Crippen LogP contribution >= 0.6 is 0 Å². The summed E-state index contributed by atoms with van der Waals surface area (Å²) in [6, 6.07) is 12.4. The smallest absolute Gasteiger partial charge is 0.234 e. The van der Waals surface area contributed by atoms with E-state index in [1.165, 1.54) is 16.8 Å². The van der Waals surface area contributed by atoms with Crippen molar-refractivity contribution in [2.75, 3.05) is 37.6 Å². The number of fused-ring (bicyclic) bond motifs is 1. The predicted octanol–water partition coefficient (Wildman–Crippen LogP) is 2.83. The molecule has 0 saturated carbocycles. The van der Waals surface area contributed by atoms with Gasteiger partial charge in [0.2, 0.25) is 5.91 Å². The molecule has 0 bridgehead atoms. The van der Waals surface area contributed by atoms with E-state index in [0.29, 0.717) is 13.1 Å². The summed E-state index contributed by atoms with van der Waals surface area (Å²) in [5.41, 5.74) is 5.64. The third kappa shape index (κ3) is 4.88. The molecule has 1 saturated heterocycles. The van der Waals surface area contributed by atoms with Crippen LogP contribution in [0.15, 0.2) is 30.3 Å². The fourth-order valence-electron chi connectivity index (χ4n) is 4.69. The number of piperazine rings is 1. The van der Waals surface area contributed by atoms with Gasteiger partial charge in [0.25, 0.3) is 0 Å². The SMILES string of the molecule is CCCc1nc(N2CCN(CC(=O)NCc3ccccc3)CC2)c(C#N)c2c1CCC2. The molecule has 4 rings (SSSR count). The summed E-state index contributed by atoms with van der Waals surface area (Å²) < 4.78 is 0. The first-order valence-electron chi connectivity index (χ1n) is 11.4. The number of aromatic nitrogens is 1. The Hall–Kier alpha value is -2.91. The molecule has 6 heteroatoms. The highest BCUT2D eigenvalue weighted by molar-refractivity contribution is 5.78. The van der Waals surface area contributed by atoms with E-state index in [2.05, 4.69) is 28.1 Å². The van der Waals surface area contributed by atoms with E-state index in [9.17, 15) is 10.1 Å². The van der Waals surface area contributed by atoms with Crippen LogP contribution in [0.4, 0.5) is 5.82 Å². The molecule has 6 nitrogen and oxygen atoms in total. The highest BCUT2D eigenvalue weighted by Crippen LogP contribution is 2.33. The number of aryl methyl sites for hydroxylation is 1. The van der Waals surface area contributed by atoms with Gasteiger partial charge < -0.3 is 10.2 Å². The summed E-state index contributed by atoms with van der Waals surface area (Å²) in [4.78, 5) is 21.8. The molecule has 2 aromatic rings. The number of anilines is 1. The van der Waals surface area contributed by atoms with Crippen LogP contribution < -0.4 is 10.2 Å². The molecular formula is C25H31N5O. The minimum atomic E-state index is 0.0518. The second kappa shape index (κ2) is 9.93. The fourth-order valence-corrected chi connectivity index (χ4v) is 4.69. The van der Waals surface area contributed by atoms with E-state index in [0.717, 1.165) is 75.2 Å². The van der Waals surface area contributed by atoms with Crippen LogP contribution in [0, 0.1) is 11.3 Å². The number of hydrogen-bond donors (Lipinski definition) is 1. The lowest BCUT2D eigenvalue weighted by Gasteiger charge is -2.36. The molecule has 1 aliphatic heterocycles. The number of pyridine rings is 1. The molecule has 1 N–H and O–H groups in total. The van der Waals surface area contributed by atoms with Gasteiger partial charge in [0.05, 0.1) is 12.1 Å². The van der Waals surface area contributed by atoms with Gasteiger partial charge in [-0.2, -0.15) is 5.26 Å². The van der Waals surface area contributed by atoms with E-state index in [1.807, 2.05) is 30.3 Å². The van der Waals surface area contributed by atoms with Gasteiger partial charge in [-0.05, 0) is 42.4 Å². The number of hydrogen-bond acceptors (Lipinski definition) is 5. The Morgan fingerprint density at radius 3 is 2.58 bits per heavy atom. The maximum Gasteiger partial charge on any atom is 0.234 e. The molecule has 2 aliphatic rings. The normalized spacial score (nSPS) is 16.1. The van der Waals surface area contributed by atoms with Crippen LogP contribution in [0.5, 0.6) is 0 Å². The summed E-state index contributed by atoms with van der Waals surface area (Å²) in [5, 5.41) is 12.9. The van der Waals surface area contributed by atoms with Crippen molar-refractivity contribution >= 4 is 11.7 Å². The summed E-state index contributed by atoms with van der Waals surface area (Å²) in [6.07, 6.45) is 5.21. The van der Waals surface area contributed by atoms with E-state index >= 15 is 0 Å². The zero-order valence-corrected chi connectivity index (χ0v) is 18.4. The van der Waals surface area contributed by atoms with Crippen molar-refractivity contribution in [1.29, 1.82) is 5.26 Å². The van der Waals surface area contributed by atoms with E-state index in [4.69, 9.17) is 4.98 Å². The quantitative estimate of drug-likeness (QED) is 0.750. The van der Waals surface area contributed by atoms with Gasteiger partial charge in [-0.1, -0.05) is 43.7 Å². The molecule has 0 unspecified atom stereocenters. The average molecular weight is 418 g/mol. The largest absolute Gasteiger partial charge is 0.353 e. The summed E-state index contributed by atoms with van der Waals surface area (Å²) >= 11 is 0. The number of carbonyl (C=O) groups is 1. The predicted molar refractivity (Wildman–Crippen MR) is 122 cm³/mol. The molecule has 31 heavy (non-hydrogen) atoms. The summed E-state index contributed by atoms with van der Waals surface area (Å²) in [7, 11) is 0. The summed E-state index contributed by atoms with van der Waals surface area (Å²) in [5.74, 6) is 0.913. The number of carbonyl (C=O) groups excluding carboxylic acids is 1. The Morgan fingerprint density at radius 2 is 1.87 bits per heavy atom. The number of benzene rings is 1. The van der Waals surface area contributed by atoms with E-state index in [1.54, 1.807) is 0 Å². The number of nitrogens with one attached hydrogen (secondary N) is 1. The van der Waals surface area contributed by atoms with Crippen molar-refractivity contribution in [2.45, 2.75) is 45.6 Å². The zero-order chi connectivity index (χ0) is 21.6. The number of rotatable bonds is 7. The van der Waals surface area contributed by atoms with Crippen molar-refractivity contribution in [3.63, 3.8) is 0 Å². The molecule has 1 aromatic carbocycles. The van der Waals surface area contributed by atoms with Crippen molar-refractivity contribution in [2.24, 2.45) is 0 Å². The molecular weight excluding hydrogens is 386 g/mol. The van der Waals surface area contributed by atoms with Crippen LogP contribution in [0.3, 0.4) is 0 Å². The Balaban J connectivity index is 1.37. The Bertz CT molecular complexity index is 958. The first kappa shape index (κ1) is 21.3. The van der Waals surface area contributed by atoms with Gasteiger partial charge >= 0.3 is 0 Å². The van der Waals surface area contributed by atoms with Gasteiger partial charge in [0, 0.05) is 38.4 Å². The molecule has 2 heterocycles. The zero-order valence-electron chi connectivity index (χ0n) is 18.4. The number of amides is 1. The first-order chi connectivity index (χ1) is 15.2. The van der Waals surface area contributed by atoms with Crippen molar-refractivity contribution in [3.8, 4) is 6.07 Å². The van der Waals surface area contributed by atoms with Gasteiger partial charge in [0.1, 0.15) is 11.9 Å². The van der Waals surface area contributed by atoms with Crippen LogP contribution in [0.25, 0.3) is 0 Å². The van der Waals surface area contributed by atoms with Crippen LogP contribution in [-0.4, -0.2) is 48.5 Å². The molecule has 1 fully saturated rings. The highest BCUT2D eigenvalue weighted by Gasteiger charge is 2.27. The molecule has 0 atom stereocenters. The molecule has 1 aliphatic carbocycles. The minimum absolute atomic E-state index is 0.0518. The molecule has 0 spiro atoms. The number of nitriles is 1. The Morgan fingerprint density at radius 1 is 1.13 bits per heavy atom.